The fourth-order valence-corrected chi connectivity index (χ4v) is 5.42. The molecule has 1 heterocycles. The molecule has 2 fully saturated rings. The number of phenols is 1. The molecule has 0 unspecified atom stereocenters. The van der Waals surface area contributed by atoms with Crippen LogP contribution in [0.5, 0.6) is 5.75 Å². The predicted octanol–water partition coefficient (Wildman–Crippen LogP) is 2.99. The van der Waals surface area contributed by atoms with Crippen molar-refractivity contribution in [3.05, 3.63) is 28.8 Å². The molecule has 3 nitrogen and oxygen atoms in total. The van der Waals surface area contributed by atoms with Crippen LogP contribution < -0.4 is 0 Å². The molecule has 1 aliphatic heterocycles. The van der Waals surface area contributed by atoms with Crippen LogP contribution in [0.4, 0.5) is 0 Å². The van der Waals surface area contributed by atoms with E-state index >= 15 is 0 Å². The molecule has 0 spiro atoms. The lowest BCUT2D eigenvalue weighted by Gasteiger charge is -2.58. The van der Waals surface area contributed by atoms with E-state index in [1.165, 1.54) is 49.8 Å². The van der Waals surface area contributed by atoms with Crippen molar-refractivity contribution < 1.29 is 10.2 Å². The third kappa shape index (κ3) is 2.10. The minimum Gasteiger partial charge on any atom is -0.508 e. The topological polar surface area (TPSA) is 43.7 Å². The van der Waals surface area contributed by atoms with E-state index in [0.717, 1.165) is 12.3 Å². The van der Waals surface area contributed by atoms with E-state index in [2.05, 4.69) is 18.0 Å². The Hall–Kier alpha value is -0.770. The Morgan fingerprint density at radius 2 is 2.09 bits per heavy atom. The smallest absolute Gasteiger partial charge is 0.121 e. The number of rotatable bonds is 1. The van der Waals surface area contributed by atoms with Crippen LogP contribution in [0.3, 0.4) is 0 Å². The lowest BCUT2D eigenvalue weighted by molar-refractivity contribution is 0.00266. The van der Waals surface area contributed by atoms with E-state index in [1.807, 2.05) is 6.07 Å². The molecule has 0 amide bonds. The summed E-state index contributed by atoms with van der Waals surface area (Å²) in [6.45, 7) is 1.10. The Bertz CT molecular complexity index is 576. The third-order valence-corrected chi connectivity index (χ3v) is 6.48. The number of aromatic hydroxyl groups is 1. The molecular formula is C18H26ClNO2. The Balaban J connectivity index is 0.00000144. The molecule has 0 radical (unpaired) electrons. The van der Waals surface area contributed by atoms with E-state index in [9.17, 15) is 10.2 Å². The standard InChI is InChI=1S/C18H25NO2.ClH/c1-19-7-6-18-5-3-2-4-14(18)16(19)9-12-8-13(11-20)17(21)10-15(12)18;/h8,10,14,16,20-21H,2-7,9,11H2,1H3;1H/t14-,16+,18+;/m0./s1. The van der Waals surface area contributed by atoms with Gasteiger partial charge in [0.15, 0.2) is 0 Å². The second kappa shape index (κ2) is 5.70. The van der Waals surface area contributed by atoms with Gasteiger partial charge in [0, 0.05) is 17.0 Å². The number of aliphatic hydroxyl groups is 1. The zero-order valence-corrected chi connectivity index (χ0v) is 14.0. The summed E-state index contributed by atoms with van der Waals surface area (Å²) in [6.07, 6.45) is 7.56. The highest BCUT2D eigenvalue weighted by molar-refractivity contribution is 5.85. The van der Waals surface area contributed by atoms with Crippen molar-refractivity contribution in [2.45, 2.75) is 56.6 Å². The fraction of sp³-hybridized carbons (Fsp3) is 0.667. The van der Waals surface area contributed by atoms with Crippen LogP contribution in [0.25, 0.3) is 0 Å². The van der Waals surface area contributed by atoms with Crippen molar-refractivity contribution in [1.82, 2.24) is 4.90 Å². The van der Waals surface area contributed by atoms with E-state index in [1.54, 1.807) is 0 Å². The molecule has 3 aliphatic rings. The maximum Gasteiger partial charge on any atom is 0.121 e. The molecule has 2 aliphatic carbocycles. The largest absolute Gasteiger partial charge is 0.508 e. The summed E-state index contributed by atoms with van der Waals surface area (Å²) in [5.41, 5.74) is 3.73. The number of likely N-dealkylation sites (tertiary alicyclic amines) is 1. The van der Waals surface area contributed by atoms with Gasteiger partial charge in [-0.3, -0.25) is 0 Å². The van der Waals surface area contributed by atoms with Crippen LogP contribution in [0.15, 0.2) is 12.1 Å². The van der Waals surface area contributed by atoms with Crippen LogP contribution in [-0.4, -0.2) is 34.7 Å². The molecular weight excluding hydrogens is 298 g/mol. The van der Waals surface area contributed by atoms with Crippen molar-refractivity contribution in [3.8, 4) is 5.75 Å². The molecule has 22 heavy (non-hydrogen) atoms. The molecule has 122 valence electrons. The minimum atomic E-state index is -0.0734. The lowest BCUT2D eigenvalue weighted by Crippen LogP contribution is -2.59. The van der Waals surface area contributed by atoms with Gasteiger partial charge in [-0.05, 0) is 68.5 Å². The van der Waals surface area contributed by atoms with E-state index in [4.69, 9.17) is 0 Å². The van der Waals surface area contributed by atoms with Crippen LogP contribution >= 0.6 is 12.4 Å². The molecule has 1 aromatic rings. The van der Waals surface area contributed by atoms with Gasteiger partial charge in [-0.15, -0.1) is 12.4 Å². The number of benzene rings is 1. The summed E-state index contributed by atoms with van der Waals surface area (Å²) < 4.78 is 0. The molecule has 1 saturated heterocycles. The lowest BCUT2D eigenvalue weighted by atomic mass is 9.52. The zero-order valence-electron chi connectivity index (χ0n) is 13.2. The SMILES string of the molecule is CN1CC[C@]23CCCC[C@H]2[C@H]1Cc1cc(CO)c(O)cc13.Cl. The summed E-state index contributed by atoms with van der Waals surface area (Å²) >= 11 is 0. The second-order valence-corrected chi connectivity index (χ2v) is 7.31. The number of hydrogen-bond acceptors (Lipinski definition) is 3. The van der Waals surface area contributed by atoms with Crippen molar-refractivity contribution >= 4 is 12.4 Å². The Labute approximate surface area is 138 Å². The Morgan fingerprint density at radius 3 is 2.86 bits per heavy atom. The number of halogens is 1. The number of likely N-dealkylation sites (N-methyl/N-ethyl adjacent to an activating group) is 1. The molecule has 2 bridgehead atoms. The van der Waals surface area contributed by atoms with E-state index < -0.39 is 0 Å². The molecule has 4 rings (SSSR count). The van der Waals surface area contributed by atoms with Crippen LogP contribution in [0.1, 0.15) is 48.8 Å². The average molecular weight is 324 g/mol. The zero-order chi connectivity index (χ0) is 14.6. The number of piperidine rings is 1. The predicted molar refractivity (Wildman–Crippen MR) is 89.7 cm³/mol. The quantitative estimate of drug-likeness (QED) is 0.835. The third-order valence-electron chi connectivity index (χ3n) is 6.48. The molecule has 1 aromatic carbocycles. The number of fused-ring (bicyclic) bond motifs is 1. The van der Waals surface area contributed by atoms with Crippen LogP contribution in [-0.2, 0) is 18.4 Å². The van der Waals surface area contributed by atoms with Gasteiger partial charge in [0.25, 0.3) is 0 Å². The normalized spacial score (nSPS) is 33.5. The van der Waals surface area contributed by atoms with Gasteiger partial charge in [-0.25, -0.2) is 0 Å². The second-order valence-electron chi connectivity index (χ2n) is 7.31. The van der Waals surface area contributed by atoms with E-state index in [0.29, 0.717) is 11.6 Å². The summed E-state index contributed by atoms with van der Waals surface area (Å²) in [7, 11) is 2.27. The molecule has 2 N–H and O–H groups in total. The monoisotopic (exact) mass is 323 g/mol. The average Bonchev–Trinajstić information content (AvgIpc) is 2.51. The van der Waals surface area contributed by atoms with Crippen molar-refractivity contribution in [3.63, 3.8) is 0 Å². The first-order valence-electron chi connectivity index (χ1n) is 8.32. The van der Waals surface area contributed by atoms with Gasteiger partial charge in [-0.2, -0.15) is 0 Å². The fourth-order valence-electron chi connectivity index (χ4n) is 5.42. The highest BCUT2D eigenvalue weighted by Crippen LogP contribution is 2.56. The van der Waals surface area contributed by atoms with Gasteiger partial charge in [0.05, 0.1) is 6.61 Å². The summed E-state index contributed by atoms with van der Waals surface area (Å²) in [6, 6.07) is 4.69. The molecule has 4 heteroatoms. The minimum absolute atomic E-state index is 0. The van der Waals surface area contributed by atoms with Crippen molar-refractivity contribution in [2.24, 2.45) is 5.92 Å². The summed E-state index contributed by atoms with van der Waals surface area (Å²) in [4.78, 5) is 2.54. The Morgan fingerprint density at radius 1 is 1.27 bits per heavy atom. The highest BCUT2D eigenvalue weighted by atomic mass is 35.5. The van der Waals surface area contributed by atoms with E-state index in [-0.39, 0.29) is 30.2 Å². The molecule has 0 aromatic heterocycles. The van der Waals surface area contributed by atoms with Crippen LogP contribution in [0, 0.1) is 5.92 Å². The number of nitrogens with zero attached hydrogens (tertiary/aromatic N) is 1. The highest BCUT2D eigenvalue weighted by Gasteiger charge is 2.53. The van der Waals surface area contributed by atoms with Gasteiger partial charge in [0.2, 0.25) is 0 Å². The molecule has 3 atom stereocenters. The van der Waals surface area contributed by atoms with Gasteiger partial charge in [-0.1, -0.05) is 12.8 Å². The van der Waals surface area contributed by atoms with Crippen LogP contribution in [0.2, 0.25) is 0 Å². The van der Waals surface area contributed by atoms with Gasteiger partial charge >= 0.3 is 0 Å². The number of aliphatic hydroxyl groups excluding tert-OH is 1. The maximum atomic E-state index is 10.2. The van der Waals surface area contributed by atoms with Gasteiger partial charge < -0.3 is 15.1 Å². The first kappa shape index (κ1) is 16.1. The maximum absolute atomic E-state index is 10.2. The Kier molecular flexibility index (Phi) is 4.17. The summed E-state index contributed by atoms with van der Waals surface area (Å²) in [5, 5.41) is 19.7. The first-order valence-corrected chi connectivity index (χ1v) is 8.32. The molecule has 1 saturated carbocycles. The van der Waals surface area contributed by atoms with Crippen molar-refractivity contribution in [1.29, 1.82) is 0 Å². The summed E-state index contributed by atoms with van der Waals surface area (Å²) in [5.74, 6) is 1.03. The number of hydrogen-bond donors (Lipinski definition) is 2. The van der Waals surface area contributed by atoms with Gasteiger partial charge in [0.1, 0.15) is 5.75 Å². The van der Waals surface area contributed by atoms with Crippen molar-refractivity contribution in [2.75, 3.05) is 13.6 Å². The first-order chi connectivity index (χ1) is 10.2.